The Bertz CT molecular complexity index is 1430. The molecular weight excluding hydrogens is 562 g/mol. The van der Waals surface area contributed by atoms with Gasteiger partial charge in [-0.3, -0.25) is 4.79 Å². The topological polar surface area (TPSA) is 125 Å². The van der Waals surface area contributed by atoms with Gasteiger partial charge in [0.15, 0.2) is 5.13 Å². The average molecular weight is 602 g/mol. The number of likely N-dealkylation sites (tertiary alicyclic amines) is 1. The smallest absolute Gasteiger partial charge is 0.243 e. The fourth-order valence-corrected chi connectivity index (χ4v) is 8.53. The van der Waals surface area contributed by atoms with Gasteiger partial charge >= 0.3 is 0 Å². The fourth-order valence-electron chi connectivity index (χ4n) is 6.02. The van der Waals surface area contributed by atoms with Crippen LogP contribution < -0.4 is 10.1 Å². The standard InChI is InChI=1S/C29H39N5O5S2/c1-33-15-13-22(14-16-33)34(17-18-35)41(37,38)23-9-7-21(8-10-23)24(19-20-5-3-4-6-20)27(36)32-29-30-25-11-12-26(39-2)31-28(25)40-29/h7-12,20,22,24,35H,3-6,13-19H2,1-2H3,(H,30,32,36). The van der Waals surface area contributed by atoms with E-state index in [4.69, 9.17) is 4.74 Å². The van der Waals surface area contributed by atoms with Crippen molar-refractivity contribution in [3.63, 3.8) is 0 Å². The lowest BCUT2D eigenvalue weighted by Crippen LogP contribution is -2.47. The van der Waals surface area contributed by atoms with Crippen LogP contribution in [0.3, 0.4) is 0 Å². The highest BCUT2D eigenvalue weighted by atomic mass is 32.2. The maximum absolute atomic E-state index is 13.7. The van der Waals surface area contributed by atoms with Gasteiger partial charge in [-0.15, -0.1) is 0 Å². The lowest BCUT2D eigenvalue weighted by Gasteiger charge is -2.36. The molecule has 1 amide bonds. The summed E-state index contributed by atoms with van der Waals surface area (Å²) >= 11 is 1.30. The molecule has 2 fully saturated rings. The molecule has 1 unspecified atom stereocenters. The maximum Gasteiger partial charge on any atom is 0.243 e. The molecule has 5 rings (SSSR count). The predicted molar refractivity (Wildman–Crippen MR) is 160 cm³/mol. The normalized spacial score (nSPS) is 18.2. The van der Waals surface area contributed by atoms with Gasteiger partial charge < -0.3 is 20.1 Å². The van der Waals surface area contributed by atoms with Crippen molar-refractivity contribution in [2.75, 3.05) is 45.7 Å². The van der Waals surface area contributed by atoms with Gasteiger partial charge in [0.05, 0.1) is 24.5 Å². The number of nitrogens with one attached hydrogen (secondary N) is 1. The van der Waals surface area contributed by atoms with E-state index in [0.29, 0.717) is 33.7 Å². The number of anilines is 1. The molecule has 1 aromatic carbocycles. The van der Waals surface area contributed by atoms with Crippen LogP contribution >= 0.6 is 11.3 Å². The molecule has 1 saturated carbocycles. The minimum atomic E-state index is -3.81. The first kappa shape index (κ1) is 29.8. The number of carbonyl (C=O) groups excluding carboxylic acids is 1. The number of pyridine rings is 1. The quantitative estimate of drug-likeness (QED) is 0.337. The van der Waals surface area contributed by atoms with E-state index in [1.807, 2.05) is 13.1 Å². The van der Waals surface area contributed by atoms with Crippen LogP contribution in [0.5, 0.6) is 5.88 Å². The predicted octanol–water partition coefficient (Wildman–Crippen LogP) is 4.08. The van der Waals surface area contributed by atoms with Gasteiger partial charge in [0, 0.05) is 18.7 Å². The van der Waals surface area contributed by atoms with Gasteiger partial charge in [-0.25, -0.2) is 18.4 Å². The Morgan fingerprint density at radius 3 is 2.49 bits per heavy atom. The van der Waals surface area contributed by atoms with Gasteiger partial charge in [-0.05, 0) is 69.1 Å². The van der Waals surface area contributed by atoms with Crippen molar-refractivity contribution >= 4 is 42.7 Å². The zero-order chi connectivity index (χ0) is 29.0. The number of rotatable bonds is 11. The SMILES string of the molecule is COc1ccc2nc(NC(=O)C(CC3CCCC3)c3ccc(S(=O)(=O)N(CCO)C4CCN(C)CC4)cc3)sc2n1. The molecular formula is C29H39N5O5S2. The largest absolute Gasteiger partial charge is 0.481 e. The summed E-state index contributed by atoms with van der Waals surface area (Å²) < 4.78 is 34.0. The molecule has 2 aromatic heterocycles. The molecule has 1 atom stereocenters. The van der Waals surface area contributed by atoms with Gasteiger partial charge in [-0.1, -0.05) is 49.2 Å². The van der Waals surface area contributed by atoms with E-state index in [2.05, 4.69) is 20.2 Å². The summed E-state index contributed by atoms with van der Waals surface area (Å²) in [5, 5.41) is 13.1. The highest BCUT2D eigenvalue weighted by Gasteiger charge is 2.34. The number of aliphatic hydroxyl groups is 1. The van der Waals surface area contributed by atoms with Crippen molar-refractivity contribution in [2.45, 2.75) is 61.8 Å². The second kappa shape index (κ2) is 13.1. The van der Waals surface area contributed by atoms with E-state index < -0.39 is 15.9 Å². The number of fused-ring (bicyclic) bond motifs is 1. The van der Waals surface area contributed by atoms with Crippen molar-refractivity contribution in [3.05, 3.63) is 42.0 Å². The second-order valence-electron chi connectivity index (χ2n) is 11.1. The second-order valence-corrected chi connectivity index (χ2v) is 13.9. The Morgan fingerprint density at radius 1 is 1.12 bits per heavy atom. The summed E-state index contributed by atoms with van der Waals surface area (Å²) in [6.45, 7) is 1.46. The molecule has 3 aromatic rings. The number of aliphatic hydroxyl groups excluding tert-OH is 1. The Hall–Kier alpha value is -2.64. The summed E-state index contributed by atoms with van der Waals surface area (Å²) in [5.41, 5.74) is 1.47. The number of aromatic nitrogens is 2. The van der Waals surface area contributed by atoms with Crippen molar-refractivity contribution in [1.29, 1.82) is 0 Å². The van der Waals surface area contributed by atoms with Gasteiger partial charge in [0.2, 0.25) is 21.8 Å². The summed E-state index contributed by atoms with van der Waals surface area (Å²) in [5.74, 6) is 0.333. The van der Waals surface area contributed by atoms with E-state index in [-0.39, 0.29) is 30.0 Å². The van der Waals surface area contributed by atoms with Crippen LogP contribution in [0.25, 0.3) is 10.3 Å². The first-order valence-corrected chi connectivity index (χ1v) is 16.6. The third-order valence-electron chi connectivity index (χ3n) is 8.33. The summed E-state index contributed by atoms with van der Waals surface area (Å²) in [4.78, 5) is 25.6. The molecule has 1 saturated heterocycles. The van der Waals surface area contributed by atoms with Gasteiger partial charge in [0.1, 0.15) is 10.3 Å². The van der Waals surface area contributed by atoms with Gasteiger partial charge in [0.25, 0.3) is 0 Å². The number of methoxy groups -OCH3 is 1. The third-order valence-corrected chi connectivity index (χ3v) is 11.2. The molecule has 2 N–H and O–H groups in total. The molecule has 1 aliphatic carbocycles. The first-order valence-electron chi connectivity index (χ1n) is 14.3. The number of nitrogens with zero attached hydrogens (tertiary/aromatic N) is 4. The van der Waals surface area contributed by atoms with Crippen molar-refractivity contribution in [2.24, 2.45) is 5.92 Å². The number of carbonyl (C=O) groups is 1. The van der Waals surface area contributed by atoms with Gasteiger partial charge in [-0.2, -0.15) is 4.31 Å². The van der Waals surface area contributed by atoms with E-state index in [9.17, 15) is 18.3 Å². The third kappa shape index (κ3) is 6.89. The molecule has 41 heavy (non-hydrogen) atoms. The number of ether oxygens (including phenoxy) is 1. The Balaban J connectivity index is 1.37. The molecule has 3 heterocycles. The maximum atomic E-state index is 13.7. The van der Waals surface area contributed by atoms with Crippen LogP contribution in [0.15, 0.2) is 41.3 Å². The Morgan fingerprint density at radius 2 is 1.83 bits per heavy atom. The van der Waals surface area contributed by atoms with E-state index >= 15 is 0 Å². The molecule has 10 nitrogen and oxygen atoms in total. The molecule has 0 radical (unpaired) electrons. The number of piperidine rings is 1. The zero-order valence-corrected chi connectivity index (χ0v) is 25.3. The van der Waals surface area contributed by atoms with E-state index in [1.165, 1.54) is 28.5 Å². The highest BCUT2D eigenvalue weighted by Crippen LogP contribution is 2.36. The zero-order valence-electron chi connectivity index (χ0n) is 23.7. The molecule has 1 aliphatic heterocycles. The van der Waals surface area contributed by atoms with Crippen molar-refractivity contribution in [3.8, 4) is 5.88 Å². The molecule has 0 spiro atoms. The molecule has 222 valence electrons. The minimum Gasteiger partial charge on any atom is -0.481 e. The number of sulfonamides is 1. The Labute approximate surface area is 245 Å². The molecule has 12 heteroatoms. The first-order chi connectivity index (χ1) is 19.8. The Kier molecular flexibility index (Phi) is 9.55. The molecule has 0 bridgehead atoms. The van der Waals surface area contributed by atoms with Crippen LogP contribution in [-0.4, -0.2) is 85.0 Å². The summed E-state index contributed by atoms with van der Waals surface area (Å²) in [7, 11) is -0.219. The van der Waals surface area contributed by atoms with Crippen LogP contribution in [0.1, 0.15) is 56.4 Å². The lowest BCUT2D eigenvalue weighted by molar-refractivity contribution is -0.118. The highest BCUT2D eigenvalue weighted by molar-refractivity contribution is 7.89. The van der Waals surface area contributed by atoms with Crippen LogP contribution in [0.4, 0.5) is 5.13 Å². The van der Waals surface area contributed by atoms with Crippen molar-refractivity contribution < 1.29 is 23.1 Å². The monoisotopic (exact) mass is 601 g/mol. The number of amides is 1. The van der Waals surface area contributed by atoms with Crippen LogP contribution in [0, 0.1) is 5.92 Å². The van der Waals surface area contributed by atoms with Crippen molar-refractivity contribution in [1.82, 2.24) is 19.2 Å². The molecule has 2 aliphatic rings. The van der Waals surface area contributed by atoms with E-state index in [0.717, 1.165) is 44.3 Å². The number of thiazole rings is 1. The number of hydrogen-bond donors (Lipinski definition) is 2. The van der Waals surface area contributed by atoms with Crippen LogP contribution in [0.2, 0.25) is 0 Å². The van der Waals surface area contributed by atoms with Crippen LogP contribution in [-0.2, 0) is 14.8 Å². The lowest BCUT2D eigenvalue weighted by atomic mass is 9.87. The minimum absolute atomic E-state index is 0.0636. The number of hydrogen-bond acceptors (Lipinski definition) is 9. The van der Waals surface area contributed by atoms with E-state index in [1.54, 1.807) is 37.4 Å². The summed E-state index contributed by atoms with van der Waals surface area (Å²) in [6.07, 6.45) is 6.66. The summed E-state index contributed by atoms with van der Waals surface area (Å²) in [6, 6.07) is 10.1. The fraction of sp³-hybridized carbons (Fsp3) is 0.552. The number of benzene rings is 1. The average Bonchev–Trinajstić information content (AvgIpc) is 3.64.